The zero-order valence-electron chi connectivity index (χ0n) is 15.2. The third kappa shape index (κ3) is 6.23. The topological polar surface area (TPSA) is 87.9 Å². The van der Waals surface area contributed by atoms with Crippen LogP contribution in [0, 0.1) is 21.7 Å². The van der Waals surface area contributed by atoms with Crippen molar-refractivity contribution in [2.75, 3.05) is 20.3 Å². The number of esters is 1. The zero-order chi connectivity index (χ0) is 21.4. The minimum atomic E-state index is -1.13. The molecule has 0 radical (unpaired) electrons. The minimum Gasteiger partial charge on any atom is -0.495 e. The van der Waals surface area contributed by atoms with Gasteiger partial charge in [0.2, 0.25) is 0 Å². The molecule has 2 aromatic rings. The van der Waals surface area contributed by atoms with E-state index >= 15 is 0 Å². The fourth-order valence-corrected chi connectivity index (χ4v) is 2.56. The quantitative estimate of drug-likeness (QED) is 0.148. The molecule has 0 bridgehead atoms. The van der Waals surface area contributed by atoms with Gasteiger partial charge in [0.1, 0.15) is 12.4 Å². The van der Waals surface area contributed by atoms with Crippen LogP contribution in [0.25, 0.3) is 6.08 Å². The summed E-state index contributed by atoms with van der Waals surface area (Å²) in [7, 11) is 1.26. The molecule has 0 aliphatic heterocycles. The van der Waals surface area contributed by atoms with Crippen LogP contribution in [-0.4, -0.2) is 31.2 Å². The molecule has 0 heterocycles. The average Bonchev–Trinajstić information content (AvgIpc) is 2.70. The lowest BCUT2D eigenvalue weighted by Gasteiger charge is -2.12. The Balaban J connectivity index is 1.79. The number of hydrogen-bond acceptors (Lipinski definition) is 6. The predicted octanol–water partition coefficient (Wildman–Crippen LogP) is 4.31. The third-order valence-electron chi connectivity index (χ3n) is 3.66. The molecule has 2 rings (SSSR count). The van der Waals surface area contributed by atoms with Crippen LogP contribution in [0.5, 0.6) is 5.75 Å². The van der Waals surface area contributed by atoms with Crippen LogP contribution in [0.15, 0.2) is 36.4 Å². The SMILES string of the molecule is COc1c(Cl)cc(F)c(F)c1COCCOC(=O)C=Cc1ccc([N+](=O)[O-])cc1. The van der Waals surface area contributed by atoms with Crippen LogP contribution in [0.3, 0.4) is 0 Å². The normalized spacial score (nSPS) is 10.9. The average molecular weight is 428 g/mol. The third-order valence-corrected chi connectivity index (χ3v) is 3.94. The van der Waals surface area contributed by atoms with E-state index in [0.29, 0.717) is 5.56 Å². The Morgan fingerprint density at radius 2 is 1.93 bits per heavy atom. The highest BCUT2D eigenvalue weighted by molar-refractivity contribution is 6.32. The van der Waals surface area contributed by atoms with Gasteiger partial charge in [0.25, 0.3) is 5.69 Å². The van der Waals surface area contributed by atoms with Gasteiger partial charge in [0.05, 0.1) is 35.8 Å². The van der Waals surface area contributed by atoms with Crippen LogP contribution in [-0.2, 0) is 20.9 Å². The zero-order valence-corrected chi connectivity index (χ0v) is 15.9. The Morgan fingerprint density at radius 1 is 1.24 bits per heavy atom. The highest BCUT2D eigenvalue weighted by atomic mass is 35.5. The van der Waals surface area contributed by atoms with Crippen molar-refractivity contribution >= 4 is 29.3 Å². The van der Waals surface area contributed by atoms with Crippen LogP contribution >= 0.6 is 11.6 Å². The maximum absolute atomic E-state index is 13.9. The number of nitro benzene ring substituents is 1. The van der Waals surface area contributed by atoms with Crippen molar-refractivity contribution in [3.05, 3.63) is 74.3 Å². The van der Waals surface area contributed by atoms with Crippen molar-refractivity contribution in [1.82, 2.24) is 0 Å². The van der Waals surface area contributed by atoms with Crippen molar-refractivity contribution in [1.29, 1.82) is 0 Å². The van der Waals surface area contributed by atoms with E-state index in [9.17, 15) is 23.7 Å². The smallest absolute Gasteiger partial charge is 0.330 e. The molecule has 0 fully saturated rings. The van der Waals surface area contributed by atoms with Crippen molar-refractivity contribution in [3.8, 4) is 5.75 Å². The predicted molar refractivity (Wildman–Crippen MR) is 101 cm³/mol. The standard InChI is InChI=1S/C19H16ClF2NO6/c1-27-19-14(18(22)16(21)10-15(19)20)11-28-8-9-29-17(24)7-4-12-2-5-13(6-3-12)23(25)26/h2-7,10H,8-9,11H2,1H3. The summed E-state index contributed by atoms with van der Waals surface area (Å²) in [5, 5.41) is 10.5. The molecule has 7 nitrogen and oxygen atoms in total. The lowest BCUT2D eigenvalue weighted by molar-refractivity contribution is -0.384. The molecule has 29 heavy (non-hydrogen) atoms. The van der Waals surface area contributed by atoms with Crippen molar-refractivity contribution in [2.45, 2.75) is 6.61 Å². The number of nitrogens with zero attached hydrogens (tertiary/aromatic N) is 1. The number of non-ortho nitro benzene ring substituents is 1. The molecule has 0 aromatic heterocycles. The Kier molecular flexibility index (Phi) is 8.05. The number of rotatable bonds is 9. The molecular weight excluding hydrogens is 412 g/mol. The van der Waals surface area contributed by atoms with Crippen LogP contribution in [0.2, 0.25) is 5.02 Å². The molecule has 0 aliphatic rings. The molecule has 0 saturated heterocycles. The second-order valence-corrected chi connectivity index (χ2v) is 5.98. The first kappa shape index (κ1) is 22.3. The molecule has 0 saturated carbocycles. The second kappa shape index (κ2) is 10.5. The number of ether oxygens (including phenoxy) is 3. The maximum Gasteiger partial charge on any atom is 0.330 e. The van der Waals surface area contributed by atoms with Crippen LogP contribution in [0.1, 0.15) is 11.1 Å². The lowest BCUT2D eigenvalue weighted by Crippen LogP contribution is -2.10. The van der Waals surface area contributed by atoms with Crippen molar-refractivity contribution in [3.63, 3.8) is 0 Å². The number of hydrogen-bond donors (Lipinski definition) is 0. The van der Waals surface area contributed by atoms with Gasteiger partial charge in [0.15, 0.2) is 11.6 Å². The van der Waals surface area contributed by atoms with E-state index < -0.39 is 22.5 Å². The van der Waals surface area contributed by atoms with Crippen LogP contribution in [0.4, 0.5) is 14.5 Å². The van der Waals surface area contributed by atoms with E-state index in [1.807, 2.05) is 0 Å². The van der Waals surface area contributed by atoms with E-state index in [-0.39, 0.29) is 41.8 Å². The number of methoxy groups -OCH3 is 1. The highest BCUT2D eigenvalue weighted by Gasteiger charge is 2.18. The fourth-order valence-electron chi connectivity index (χ4n) is 2.27. The highest BCUT2D eigenvalue weighted by Crippen LogP contribution is 2.32. The van der Waals surface area contributed by atoms with Gasteiger partial charge in [-0.2, -0.15) is 0 Å². The summed E-state index contributed by atoms with van der Waals surface area (Å²) in [5.41, 5.74) is 0.339. The van der Waals surface area contributed by atoms with Crippen molar-refractivity contribution in [2.24, 2.45) is 0 Å². The molecular formula is C19H16ClF2NO6. The van der Waals surface area contributed by atoms with E-state index in [0.717, 1.165) is 12.1 Å². The van der Waals surface area contributed by atoms with Gasteiger partial charge in [0, 0.05) is 18.2 Å². The van der Waals surface area contributed by atoms with E-state index in [4.69, 9.17) is 25.8 Å². The fraction of sp³-hybridized carbons (Fsp3) is 0.211. The van der Waals surface area contributed by atoms with Gasteiger partial charge < -0.3 is 14.2 Å². The molecule has 0 amide bonds. The van der Waals surface area contributed by atoms with Gasteiger partial charge >= 0.3 is 5.97 Å². The lowest BCUT2D eigenvalue weighted by atomic mass is 10.2. The summed E-state index contributed by atoms with van der Waals surface area (Å²) in [6.45, 7) is -0.535. The van der Waals surface area contributed by atoms with Gasteiger partial charge in [-0.3, -0.25) is 10.1 Å². The largest absolute Gasteiger partial charge is 0.495 e. The Hall–Kier alpha value is -3.04. The van der Waals surface area contributed by atoms with Gasteiger partial charge in [-0.05, 0) is 29.8 Å². The Bertz CT molecular complexity index is 918. The number of carbonyl (C=O) groups excluding carboxylic acids is 1. The van der Waals surface area contributed by atoms with Gasteiger partial charge in [-0.1, -0.05) is 11.6 Å². The summed E-state index contributed by atoms with van der Waals surface area (Å²) in [4.78, 5) is 21.7. The Labute approximate surface area is 169 Å². The van der Waals surface area contributed by atoms with E-state index in [1.54, 1.807) is 0 Å². The Morgan fingerprint density at radius 3 is 2.55 bits per heavy atom. The molecule has 0 aliphatic carbocycles. The summed E-state index contributed by atoms with van der Waals surface area (Å²) in [5.74, 6) is -2.95. The second-order valence-electron chi connectivity index (χ2n) is 5.57. The molecule has 0 spiro atoms. The maximum atomic E-state index is 13.9. The van der Waals surface area contributed by atoms with E-state index in [2.05, 4.69) is 0 Å². The molecule has 2 aromatic carbocycles. The monoisotopic (exact) mass is 427 g/mol. The number of carbonyl (C=O) groups is 1. The number of halogens is 3. The first-order valence-electron chi connectivity index (χ1n) is 8.21. The van der Waals surface area contributed by atoms with Gasteiger partial charge in [-0.25, -0.2) is 13.6 Å². The summed E-state index contributed by atoms with van der Waals surface area (Å²) >= 11 is 5.80. The summed E-state index contributed by atoms with van der Waals surface area (Å²) < 4.78 is 42.4. The first-order valence-corrected chi connectivity index (χ1v) is 8.58. The first-order chi connectivity index (χ1) is 13.8. The molecule has 0 atom stereocenters. The van der Waals surface area contributed by atoms with E-state index in [1.165, 1.54) is 37.5 Å². The molecule has 154 valence electrons. The molecule has 10 heteroatoms. The van der Waals surface area contributed by atoms with Crippen molar-refractivity contribution < 1.29 is 32.7 Å². The molecule has 0 N–H and O–H groups in total. The molecule has 0 unspecified atom stereocenters. The number of benzene rings is 2. The number of nitro groups is 1. The van der Waals surface area contributed by atoms with Gasteiger partial charge in [-0.15, -0.1) is 0 Å². The van der Waals surface area contributed by atoms with Crippen LogP contribution < -0.4 is 4.74 Å². The summed E-state index contributed by atoms with van der Waals surface area (Å²) in [6.07, 6.45) is 2.58. The summed E-state index contributed by atoms with van der Waals surface area (Å²) in [6, 6.07) is 6.39. The minimum absolute atomic E-state index is 0.0337.